The number of halogens is 6. The average molecular weight is 1660 g/mol. The molecule has 0 amide bonds. The van der Waals surface area contributed by atoms with E-state index >= 15 is 0 Å². The lowest BCUT2D eigenvalue weighted by molar-refractivity contribution is -0.113. The van der Waals surface area contributed by atoms with Crippen LogP contribution in [-0.4, -0.2) is 88.9 Å². The van der Waals surface area contributed by atoms with Gasteiger partial charge in [-0.25, -0.2) is 64.0 Å². The number of nitrogens with one attached hydrogen (secondary N) is 10. The third-order valence-corrected chi connectivity index (χ3v) is 24.9. The highest BCUT2D eigenvalue weighted by Gasteiger charge is 2.48. The number of aliphatic hydroxyl groups is 1. The molecule has 0 radical (unpaired) electrons. The van der Waals surface area contributed by atoms with Gasteiger partial charge < -0.3 is 31.7 Å². The quantitative estimate of drug-likeness (QED) is 0.0506. The molecular formula is C88H103F6N15O11. The molecule has 5 aliphatic heterocycles. The van der Waals surface area contributed by atoms with Crippen molar-refractivity contribution in [3.05, 3.63) is 269 Å². The summed E-state index contributed by atoms with van der Waals surface area (Å²) in [4.78, 5) is 139. The summed E-state index contributed by atoms with van der Waals surface area (Å²) in [5.74, 6) is -3.21. The number of allylic oxidation sites excluding steroid dienone is 2. The number of nitrogens with zero attached hydrogens (tertiary/aromatic N) is 5. The molecule has 0 unspecified atom stereocenters. The number of fused-ring (bicyclic) bond motifs is 5. The molecule has 120 heavy (non-hydrogen) atoms. The summed E-state index contributed by atoms with van der Waals surface area (Å²) >= 11 is 0. The second-order valence-electron chi connectivity index (χ2n) is 34.3. The number of aryl methyl sites for hydroxylation is 2. The minimum atomic E-state index is -2.55. The summed E-state index contributed by atoms with van der Waals surface area (Å²) in [7, 11) is 0. The molecule has 26 nitrogen and oxygen atoms in total. The summed E-state index contributed by atoms with van der Waals surface area (Å²) in [5, 5.41) is 25.9. The Hall–Kier alpha value is -11.4. The Bertz CT molecular complexity index is 5970. The fourth-order valence-electron chi connectivity index (χ4n) is 18.2. The van der Waals surface area contributed by atoms with E-state index < -0.39 is 57.4 Å². The van der Waals surface area contributed by atoms with E-state index in [9.17, 15) is 79.4 Å². The first kappa shape index (κ1) is 85.0. The maximum Gasteiger partial charge on any atom is 0.334 e. The van der Waals surface area contributed by atoms with Crippen molar-refractivity contribution in [1.29, 1.82) is 0 Å². The van der Waals surface area contributed by atoms with E-state index in [1.54, 1.807) is 52.8 Å². The zero-order valence-corrected chi connectivity index (χ0v) is 68.2. The Balaban J connectivity index is 0.000000123. The van der Waals surface area contributed by atoms with Crippen LogP contribution in [0.15, 0.2) is 151 Å². The summed E-state index contributed by atoms with van der Waals surface area (Å²) in [6.07, 6.45) is 14.5. The van der Waals surface area contributed by atoms with E-state index in [0.717, 1.165) is 85.0 Å². The van der Waals surface area contributed by atoms with E-state index in [-0.39, 0.29) is 119 Å². The Morgan fingerprint density at radius 3 is 1.32 bits per heavy atom. The van der Waals surface area contributed by atoms with Gasteiger partial charge in [-0.15, -0.1) is 0 Å². The number of aliphatic hydroxyl groups excluding tert-OH is 1. The molecule has 0 spiro atoms. The second-order valence-corrected chi connectivity index (χ2v) is 34.3. The standard InChI is InChI=1S/C20H24FN3O3.C19H20F3N3O2.2C17H19N3O2.C15H21F2N3O2/c1-11-8-13(21)10-14(9-11)24-19(26)16-6-7-17(22-18(16)23-20(24)27)12-2-4-15(25)5-3-12;1-10-4-12(20)7-14(5-10)25-17(26)15-3-2-13(23-16(15)24-18(25)27)6-11-8-19(21,22)9-11;1-17(9-10-17)20-15(21)12-7-8-13(11-5-3-2-4-6-11)18-14(12)19-16(20)22;1-3-11(2)20-16(21)13-9-10-14(12-7-5-4-6-8-12)18-15(13)19-17(20)22;1-8(2)20-13(21)11-4-3-10(18-12(11)19-14(20)22)5-9-6-15(16,17)7-9/h8-10,12,15,17,22,25H,2-7H2,1H3,(H,23,27);4-5,7,11,13,23H,2-3,6,8-9H2,1H3,(H,24,27);2-6,13,18H,7-10H2,1H3,(H,19,22);3-8,14,18H,9-10H2,1-2H3,(H,19,22);8-10,18H,3-7H2,1-2H3,(H,19,22)/b;;;11-3+;/t12?,15?,17-;2*13-;14-;10-/m11111/s1. The van der Waals surface area contributed by atoms with Crippen molar-refractivity contribution in [1.82, 2.24) is 47.8 Å². The highest BCUT2D eigenvalue weighted by atomic mass is 19.3. The summed E-state index contributed by atoms with van der Waals surface area (Å²) in [6.45, 7) is 12.5. The van der Waals surface area contributed by atoms with Crippen LogP contribution >= 0.6 is 0 Å². The number of hydrogen-bond acceptors (Lipinski definition) is 16. The lowest BCUT2D eigenvalue weighted by Crippen LogP contribution is -2.44. The van der Waals surface area contributed by atoms with E-state index in [1.807, 2.05) is 62.4 Å². The zero-order chi connectivity index (χ0) is 85.6. The van der Waals surface area contributed by atoms with Crippen molar-refractivity contribution in [3.8, 4) is 11.4 Å². The average Bonchev–Trinajstić information content (AvgIpc) is 1.59. The Morgan fingerprint density at radius 2 is 0.875 bits per heavy atom. The van der Waals surface area contributed by atoms with Gasteiger partial charge in [0.15, 0.2) is 0 Å². The van der Waals surface area contributed by atoms with E-state index in [2.05, 4.69) is 63.6 Å². The first-order chi connectivity index (χ1) is 57.1. The first-order valence-electron chi connectivity index (χ1n) is 41.6. The third-order valence-electron chi connectivity index (χ3n) is 24.9. The number of rotatable bonds is 12. The van der Waals surface area contributed by atoms with Crippen LogP contribution in [0.1, 0.15) is 212 Å². The molecule has 11 N–H and O–H groups in total. The van der Waals surface area contributed by atoms with Gasteiger partial charge in [0, 0.05) is 55.5 Å². The monoisotopic (exact) mass is 1660 g/mol. The highest BCUT2D eigenvalue weighted by Crippen LogP contribution is 2.47. The topological polar surface area (TPSA) is 355 Å². The number of benzene rings is 4. The largest absolute Gasteiger partial charge is 0.393 e. The SMILES string of the molecule is C/C=C(\C)n1c(=O)[nH]c2c(c1=O)CC[C@H](c1ccccc1)N2.CC(C)n1c(=O)[nH]c2c(c1=O)CC[C@H](CC1CC(F)(F)C1)N2.CC1(n2c(=O)[nH]c3c(c2=O)CC[C@H](c2ccccc2)N3)CC1.Cc1cc(F)cc(-n2c(=O)[nH]c3c(c2=O)CC[C@H](C2CCC(O)CC2)N3)c1.Cc1cc(F)cc(-n2c(=O)[nH]c3c(c2=O)CC[C@H](CC2CC(F)(F)C2)N3)c1. The van der Waals surface area contributed by atoms with Gasteiger partial charge in [-0.2, -0.15) is 0 Å². The van der Waals surface area contributed by atoms with Gasteiger partial charge in [0.05, 0.1) is 62.9 Å². The molecule has 5 aromatic heterocycles. The fraction of sp³-hybridized carbons (Fsp3) is 0.477. The van der Waals surface area contributed by atoms with Crippen LogP contribution < -0.4 is 82.8 Å². The smallest absolute Gasteiger partial charge is 0.334 e. The number of anilines is 5. The first-order valence-corrected chi connectivity index (χ1v) is 41.6. The van der Waals surface area contributed by atoms with Crippen molar-refractivity contribution in [2.24, 2.45) is 17.8 Å². The Morgan fingerprint density at radius 1 is 0.475 bits per heavy atom. The maximum atomic E-state index is 13.7. The normalized spacial score (nSPS) is 22.0. The van der Waals surface area contributed by atoms with Gasteiger partial charge in [0.25, 0.3) is 27.8 Å². The van der Waals surface area contributed by atoms with Crippen LogP contribution in [0.4, 0.5) is 55.4 Å². The molecule has 4 fully saturated rings. The molecule has 9 aliphatic rings. The van der Waals surface area contributed by atoms with Crippen LogP contribution in [0.2, 0.25) is 0 Å². The molecule has 5 atom stereocenters. The summed E-state index contributed by atoms with van der Waals surface area (Å²) < 4.78 is 85.0. The number of H-pyrrole nitrogens is 5. The minimum Gasteiger partial charge on any atom is -0.393 e. The van der Waals surface area contributed by atoms with Crippen LogP contribution in [0, 0.1) is 43.2 Å². The van der Waals surface area contributed by atoms with Crippen molar-refractivity contribution < 1.29 is 31.4 Å². The van der Waals surface area contributed by atoms with Gasteiger partial charge in [-0.05, 0) is 240 Å². The molecule has 4 aliphatic carbocycles. The van der Waals surface area contributed by atoms with Gasteiger partial charge in [0.2, 0.25) is 11.8 Å². The molecule has 638 valence electrons. The number of hydrogen-bond donors (Lipinski definition) is 11. The highest BCUT2D eigenvalue weighted by molar-refractivity contribution is 5.54. The molecule has 4 saturated carbocycles. The zero-order valence-electron chi connectivity index (χ0n) is 68.2. The van der Waals surface area contributed by atoms with E-state index in [0.29, 0.717) is 131 Å². The van der Waals surface area contributed by atoms with Crippen LogP contribution in [0.3, 0.4) is 0 Å². The fourth-order valence-corrected chi connectivity index (χ4v) is 18.2. The minimum absolute atomic E-state index is 0.0248. The van der Waals surface area contributed by atoms with Crippen molar-refractivity contribution >= 4 is 34.8 Å². The molecule has 32 heteroatoms. The molecule has 10 heterocycles. The van der Waals surface area contributed by atoms with Gasteiger partial charge in [-0.3, -0.25) is 58.0 Å². The third kappa shape index (κ3) is 18.6. The summed E-state index contributed by atoms with van der Waals surface area (Å²) in [6, 6.07) is 28.6. The molecule has 18 rings (SSSR count). The predicted molar refractivity (Wildman–Crippen MR) is 450 cm³/mol. The van der Waals surface area contributed by atoms with Crippen molar-refractivity contribution in [2.75, 3.05) is 26.6 Å². The number of alkyl halides is 4. The Kier molecular flexibility index (Phi) is 24.6. The van der Waals surface area contributed by atoms with Crippen LogP contribution in [0.5, 0.6) is 0 Å². The van der Waals surface area contributed by atoms with Crippen molar-refractivity contribution in [3.63, 3.8) is 0 Å². The molecule has 0 bridgehead atoms. The van der Waals surface area contributed by atoms with Crippen molar-refractivity contribution in [2.45, 2.75) is 249 Å². The van der Waals surface area contributed by atoms with Crippen LogP contribution in [-0.2, 0) is 37.6 Å². The lowest BCUT2D eigenvalue weighted by atomic mass is 9.76. The second kappa shape index (κ2) is 34.7. The van der Waals surface area contributed by atoms with Gasteiger partial charge in [0.1, 0.15) is 40.7 Å². The summed E-state index contributed by atoms with van der Waals surface area (Å²) in [5.41, 5.74) is 3.39. The molecule has 4 aromatic carbocycles. The lowest BCUT2D eigenvalue weighted by Gasteiger charge is -2.38. The van der Waals surface area contributed by atoms with Gasteiger partial charge in [-0.1, -0.05) is 66.7 Å². The molecular weight excluding hydrogens is 1560 g/mol. The van der Waals surface area contributed by atoms with E-state index in [1.165, 1.54) is 37.5 Å². The van der Waals surface area contributed by atoms with E-state index in [4.69, 9.17) is 0 Å². The predicted octanol–water partition coefficient (Wildman–Crippen LogP) is 12.3. The molecule has 9 aromatic rings. The Labute approximate surface area is 685 Å². The van der Waals surface area contributed by atoms with Gasteiger partial charge >= 0.3 is 28.4 Å². The van der Waals surface area contributed by atoms with Crippen LogP contribution in [0.25, 0.3) is 17.1 Å². The maximum absolute atomic E-state index is 13.7. The number of aromatic nitrogens is 10. The number of aromatic amines is 5. The molecule has 0 saturated heterocycles.